The zero-order chi connectivity index (χ0) is 45.6. The Labute approximate surface area is 361 Å². The molecule has 3 aliphatic rings. The molecule has 4 nitrogen and oxygen atoms in total. The van der Waals surface area contributed by atoms with Crippen molar-refractivity contribution in [1.29, 1.82) is 0 Å². The van der Waals surface area contributed by atoms with E-state index in [0.29, 0.717) is 32.1 Å². The monoisotopic (exact) mass is 798 g/mol. The van der Waals surface area contributed by atoms with Crippen molar-refractivity contribution in [2.45, 2.75) is 200 Å². The number of esters is 2. The summed E-state index contributed by atoms with van der Waals surface area (Å²) in [5, 5.41) is 0. The molecule has 2 fully saturated rings. The van der Waals surface area contributed by atoms with Gasteiger partial charge >= 0.3 is 11.9 Å². The van der Waals surface area contributed by atoms with E-state index >= 15 is 0 Å². The van der Waals surface area contributed by atoms with Gasteiger partial charge in [-0.05, 0) is 156 Å². The second-order valence-corrected chi connectivity index (χ2v) is 16.9. The third-order valence-electron chi connectivity index (χ3n) is 12.4. The first-order valence-electron chi connectivity index (χ1n) is 25.9. The lowest BCUT2D eigenvalue weighted by Gasteiger charge is -2.50. The van der Waals surface area contributed by atoms with Crippen LogP contribution < -0.4 is 4.74 Å². The van der Waals surface area contributed by atoms with Crippen LogP contribution in [-0.4, -0.2) is 18.0 Å². The quantitative estimate of drug-likeness (QED) is 0.0367. The Morgan fingerprint density at radius 3 is 1.86 bits per heavy atom. The normalized spacial score (nSPS) is 26.5. The Balaban J connectivity index is 1.19. The smallest absolute Gasteiger partial charge is 0.311 e. The number of carbonyl (C=O) groups excluding carboxylic acids is 2. The first kappa shape index (κ1) is 40.0. The molecule has 2 saturated carbocycles. The number of allylic oxidation sites excluding steroid dienone is 12. The Bertz CT molecular complexity index is 1760. The van der Waals surface area contributed by atoms with Gasteiger partial charge < -0.3 is 9.47 Å². The van der Waals surface area contributed by atoms with Crippen LogP contribution in [0, 0.1) is 17.3 Å². The first-order valence-corrected chi connectivity index (χ1v) is 23.4. The molecule has 58 heavy (non-hydrogen) atoms. The fourth-order valence-corrected chi connectivity index (χ4v) is 9.10. The summed E-state index contributed by atoms with van der Waals surface area (Å²) in [5.74, 6) is -0.978. The molecule has 1 aromatic rings. The maximum absolute atomic E-state index is 13.2. The van der Waals surface area contributed by atoms with Crippen LogP contribution in [0.25, 0.3) is 0 Å². The van der Waals surface area contributed by atoms with E-state index in [-0.39, 0.29) is 54.9 Å². The molecular weight excluding hydrogens is 713 g/mol. The molecule has 0 heterocycles. The number of unbranched alkanes of at least 4 members (excludes halogenated alkanes) is 10. The van der Waals surface area contributed by atoms with Crippen molar-refractivity contribution in [1.82, 2.24) is 0 Å². The van der Waals surface area contributed by atoms with Gasteiger partial charge in [0.05, 0.1) is 4.11 Å². The minimum Gasteiger partial charge on any atom is -0.462 e. The average molecular weight is 798 g/mol. The van der Waals surface area contributed by atoms with E-state index in [1.165, 1.54) is 0 Å². The Morgan fingerprint density at radius 1 is 0.724 bits per heavy atom. The predicted molar refractivity (Wildman–Crippen MR) is 245 cm³/mol. The molecule has 320 valence electrons. The Morgan fingerprint density at radius 2 is 1.26 bits per heavy atom. The molecule has 4 heteroatoms. The summed E-state index contributed by atoms with van der Waals surface area (Å²) in [5.41, 5.74) is 0.880. The molecule has 1 aromatic carbocycles. The van der Waals surface area contributed by atoms with E-state index in [2.05, 4.69) is 86.8 Å². The van der Waals surface area contributed by atoms with Gasteiger partial charge in [0, 0.05) is 21.0 Å². The van der Waals surface area contributed by atoms with Gasteiger partial charge in [0.1, 0.15) is 11.8 Å². The number of carbonyl (C=O) groups is 2. The van der Waals surface area contributed by atoms with Crippen molar-refractivity contribution >= 4 is 11.9 Å². The third kappa shape index (κ3) is 16.7. The fraction of sp³-hybridized carbons (Fsp3) is 0.630. The molecule has 0 aliphatic heterocycles. The topological polar surface area (TPSA) is 52.6 Å². The van der Waals surface area contributed by atoms with Gasteiger partial charge in [0.15, 0.2) is 0 Å². The molecule has 0 saturated heterocycles. The lowest BCUT2D eigenvalue weighted by atomic mass is 9.55. The summed E-state index contributed by atoms with van der Waals surface area (Å²) >= 11 is 0. The van der Waals surface area contributed by atoms with Gasteiger partial charge in [0.2, 0.25) is 0 Å². The SMILES string of the molecule is [2H]c1cc2c(c([2H])c1OC(=O)CCCCCCC/C=C\C/C=C\C/C=C\CC)CC[C@@H]1[C@@H]2CC[C@@]2(C)[C@H]1CC([2H])([2H])[C@]2([2H])OC(=O)CCCCCCC/C=C\C/C=C\C/C=C\CC. The molecule has 0 aromatic heterocycles. The van der Waals surface area contributed by atoms with Gasteiger partial charge in [-0.25, -0.2) is 0 Å². The Kier molecular flexibility index (Phi) is 19.4. The van der Waals surface area contributed by atoms with Crippen molar-refractivity contribution in [3.05, 3.63) is 102 Å². The van der Waals surface area contributed by atoms with Crippen LogP contribution in [0.15, 0.2) is 91.1 Å². The van der Waals surface area contributed by atoms with Gasteiger partial charge in [0.25, 0.3) is 0 Å². The van der Waals surface area contributed by atoms with Crippen LogP contribution in [0.2, 0.25) is 0 Å². The van der Waals surface area contributed by atoms with Crippen molar-refractivity contribution in [2.75, 3.05) is 0 Å². The second-order valence-electron chi connectivity index (χ2n) is 16.9. The molecule has 3 aliphatic carbocycles. The maximum atomic E-state index is 13.2. The standard InChI is InChI=1S/C54H80O4/c1-4-6-8-10-12-14-16-18-20-22-24-26-28-30-32-34-52(55)57-46-37-39-47-45(44-46)36-38-49-48(47)42-43-54(3)50(49)40-41-51(54)58-53(56)35-33-31-29-27-25-23-21-19-17-15-13-11-9-7-5-2/h6-9,12-15,18-21,37,39,44,48-51H,4-5,10-11,16-17,22-36,38,40-43H2,1-3H3/b8-6-,9-7-,14-12-,15-13-,20-18-,21-19-/t48-,49-,50+,51+,54+/m1/s1/i37D,41D2,44D,51D. The van der Waals surface area contributed by atoms with Crippen molar-refractivity contribution < 1.29 is 25.9 Å². The van der Waals surface area contributed by atoms with E-state index in [0.717, 1.165) is 120 Å². The van der Waals surface area contributed by atoms with Gasteiger partial charge in [-0.2, -0.15) is 0 Å². The van der Waals surface area contributed by atoms with Gasteiger partial charge in [-0.15, -0.1) is 0 Å². The highest BCUT2D eigenvalue weighted by Gasteiger charge is 2.56. The van der Waals surface area contributed by atoms with Crippen molar-refractivity contribution in [3.63, 3.8) is 0 Å². The number of ether oxygens (including phenoxy) is 2. The number of fused-ring (bicyclic) bond motifs is 5. The molecular formula is C54H80O4. The van der Waals surface area contributed by atoms with E-state index in [1.54, 1.807) is 6.07 Å². The summed E-state index contributed by atoms with van der Waals surface area (Å²) in [6, 6.07) is 1.92. The molecule has 0 bridgehead atoms. The van der Waals surface area contributed by atoms with Crippen LogP contribution in [0.1, 0.15) is 205 Å². The Hall–Kier alpha value is -3.40. The average Bonchev–Trinajstić information content (AvgIpc) is 3.41. The van der Waals surface area contributed by atoms with E-state index in [1.807, 2.05) is 6.92 Å². The molecule has 5 atom stereocenters. The van der Waals surface area contributed by atoms with E-state index in [9.17, 15) is 11.0 Å². The highest BCUT2D eigenvalue weighted by Crippen LogP contribution is 2.61. The summed E-state index contributed by atoms with van der Waals surface area (Å²) in [6.07, 6.45) is 43.5. The molecule has 0 amide bonds. The summed E-state index contributed by atoms with van der Waals surface area (Å²) in [7, 11) is 0. The van der Waals surface area contributed by atoms with Gasteiger partial charge in [-0.1, -0.05) is 138 Å². The number of hydrogen-bond acceptors (Lipinski definition) is 4. The van der Waals surface area contributed by atoms with E-state index in [4.69, 9.17) is 15.0 Å². The zero-order valence-corrected chi connectivity index (χ0v) is 36.5. The van der Waals surface area contributed by atoms with Crippen molar-refractivity contribution in [3.8, 4) is 5.75 Å². The summed E-state index contributed by atoms with van der Waals surface area (Å²) < 4.78 is 57.2. The number of hydrogen-bond donors (Lipinski definition) is 0. The fourth-order valence-electron chi connectivity index (χ4n) is 9.10. The first-order chi connectivity index (χ1) is 30.4. The lowest BCUT2D eigenvalue weighted by Crippen LogP contribution is -2.45. The predicted octanol–water partition coefficient (Wildman–Crippen LogP) is 15.5. The highest BCUT2D eigenvalue weighted by atomic mass is 16.5. The lowest BCUT2D eigenvalue weighted by molar-refractivity contribution is -0.157. The van der Waals surface area contributed by atoms with Gasteiger partial charge in [-0.3, -0.25) is 9.59 Å². The van der Waals surface area contributed by atoms with Crippen LogP contribution >= 0.6 is 0 Å². The number of benzene rings is 1. The summed E-state index contributed by atoms with van der Waals surface area (Å²) in [6.45, 7) is 6.23. The van der Waals surface area contributed by atoms with E-state index < -0.39 is 29.8 Å². The largest absolute Gasteiger partial charge is 0.462 e. The minimum atomic E-state index is -2.01. The minimum absolute atomic E-state index is 0.00856. The molecule has 0 N–H and O–H groups in total. The molecule has 0 spiro atoms. The third-order valence-corrected chi connectivity index (χ3v) is 12.4. The van der Waals surface area contributed by atoms with Crippen molar-refractivity contribution in [2.24, 2.45) is 17.3 Å². The van der Waals surface area contributed by atoms with Crippen LogP contribution in [0.5, 0.6) is 5.75 Å². The molecule has 4 rings (SSSR count). The van der Waals surface area contributed by atoms with Crippen LogP contribution in [0.3, 0.4) is 0 Å². The molecule has 0 unspecified atom stereocenters. The maximum Gasteiger partial charge on any atom is 0.311 e. The highest BCUT2D eigenvalue weighted by molar-refractivity contribution is 5.72. The van der Waals surface area contributed by atoms with Crippen LogP contribution in [0.4, 0.5) is 0 Å². The van der Waals surface area contributed by atoms with Crippen LogP contribution in [-0.2, 0) is 20.7 Å². The second kappa shape index (κ2) is 28.1. The number of rotatable bonds is 28. The molecule has 0 radical (unpaired) electrons. The zero-order valence-electron chi connectivity index (χ0n) is 41.5. The summed E-state index contributed by atoms with van der Waals surface area (Å²) in [4.78, 5) is 26.1.